The number of nitrogens with two attached hydrogens (primary N) is 1. The van der Waals surface area contributed by atoms with E-state index in [2.05, 4.69) is 12.6 Å². The van der Waals surface area contributed by atoms with Crippen molar-refractivity contribution in [2.75, 3.05) is 43.0 Å². The second kappa shape index (κ2) is 19.4. The minimum Gasteiger partial charge on any atom is -0.748 e. The van der Waals surface area contributed by atoms with E-state index in [1.165, 1.54) is 18.5 Å². The molecule has 17 heteroatoms. The zero-order valence-electron chi connectivity index (χ0n) is 17.0. The largest absolute Gasteiger partial charge is 1.00 e. The van der Waals surface area contributed by atoms with Crippen molar-refractivity contribution in [2.45, 2.75) is 26.6 Å². The van der Waals surface area contributed by atoms with E-state index in [9.17, 15) is 27.1 Å². The van der Waals surface area contributed by atoms with Crippen LogP contribution in [0.25, 0.3) is 0 Å². The summed E-state index contributed by atoms with van der Waals surface area (Å²) in [6.45, 7) is 2.71. The van der Waals surface area contributed by atoms with Crippen LogP contribution in [0.3, 0.4) is 0 Å². The summed E-state index contributed by atoms with van der Waals surface area (Å²) in [5, 5.41) is 0. The normalized spacial score (nSPS) is 13.0. The van der Waals surface area contributed by atoms with Crippen molar-refractivity contribution in [3.05, 3.63) is 0 Å². The van der Waals surface area contributed by atoms with Gasteiger partial charge in [-0.05, 0) is 0 Å². The molecule has 30 heavy (non-hydrogen) atoms. The van der Waals surface area contributed by atoms with E-state index >= 15 is 0 Å². The molecule has 0 aromatic heterocycles. The molecule has 0 saturated carbocycles. The van der Waals surface area contributed by atoms with Gasteiger partial charge in [-0.1, -0.05) is 0 Å². The van der Waals surface area contributed by atoms with Gasteiger partial charge in [-0.15, -0.1) is 23.2 Å². The molecule has 0 aliphatic carbocycles. The predicted octanol–water partition coefficient (Wildman–Crippen LogP) is -1.84. The molecule has 0 radical (unpaired) electrons. The first-order valence-corrected chi connectivity index (χ1v) is 13.0. The molecular formula is C13H26Cl2N2NaO9PS2. The van der Waals surface area contributed by atoms with Crippen LogP contribution in [0.1, 0.15) is 20.3 Å². The van der Waals surface area contributed by atoms with E-state index in [-0.39, 0.29) is 78.9 Å². The van der Waals surface area contributed by atoms with Gasteiger partial charge in [-0.25, -0.2) is 18.6 Å². The maximum absolute atomic E-state index is 12.3. The van der Waals surface area contributed by atoms with Crippen LogP contribution in [-0.4, -0.2) is 78.8 Å². The van der Waals surface area contributed by atoms with Gasteiger partial charge in [-0.3, -0.25) is 14.2 Å². The fourth-order valence-corrected chi connectivity index (χ4v) is 4.40. The predicted molar refractivity (Wildman–Crippen MR) is 111 cm³/mol. The van der Waals surface area contributed by atoms with Crippen LogP contribution in [-0.2, 0) is 38.3 Å². The first-order chi connectivity index (χ1) is 13.3. The fraction of sp³-hybridized carbons (Fsp3) is 0.846. The molecule has 0 aromatic carbocycles. The van der Waals surface area contributed by atoms with Crippen molar-refractivity contribution in [3.8, 4) is 0 Å². The molecule has 0 aliphatic rings. The third-order valence-corrected chi connectivity index (χ3v) is 5.95. The van der Waals surface area contributed by atoms with Crippen molar-refractivity contribution in [3.63, 3.8) is 0 Å². The minimum atomic E-state index is -4.00. The standard InChI is InChI=1S/C11H21Cl2N2O6P.C2H6O3S2.Na/c1-9(16)20-11(21-10(2)17)3-8-19-22(14,18)15(6-4-12)7-5-13;3-7(4,5)2-1-6;/h11H,3-8H2,1-2H3,(H2,14,18);6H,1-2H2,(H,3,4,5);/q;;+1/p-1. The number of halogens is 2. The van der Waals surface area contributed by atoms with E-state index in [0.717, 1.165) is 0 Å². The van der Waals surface area contributed by atoms with Gasteiger partial charge in [0.1, 0.15) is 0 Å². The van der Waals surface area contributed by atoms with Gasteiger partial charge in [0.2, 0.25) is 6.29 Å². The molecule has 0 spiro atoms. The Hall–Kier alpha value is 0.890. The molecule has 0 aliphatic heterocycles. The zero-order chi connectivity index (χ0) is 23.1. The fourth-order valence-electron chi connectivity index (χ4n) is 1.57. The summed E-state index contributed by atoms with van der Waals surface area (Å²) in [7, 11) is -7.58. The number of esters is 2. The van der Waals surface area contributed by atoms with E-state index in [1.54, 1.807) is 0 Å². The number of hydrogen-bond acceptors (Lipinski definition) is 10. The Bertz CT molecular complexity index is 624. The Kier molecular flexibility index (Phi) is 22.9. The molecule has 0 amide bonds. The SMILES string of the molecule is CC(=O)OC(CCOP(N)(=O)N(CCCl)CCCl)OC(C)=O.O=S(=O)([O-])CCS.[Na+]. The molecule has 11 nitrogen and oxygen atoms in total. The van der Waals surface area contributed by atoms with Crippen molar-refractivity contribution in [1.82, 2.24) is 4.67 Å². The number of thiol groups is 1. The van der Waals surface area contributed by atoms with Crippen molar-refractivity contribution in [1.29, 1.82) is 0 Å². The van der Waals surface area contributed by atoms with Gasteiger partial charge in [0, 0.05) is 56.6 Å². The first-order valence-electron chi connectivity index (χ1n) is 8.08. The average molecular weight is 543 g/mol. The van der Waals surface area contributed by atoms with E-state index < -0.39 is 36.0 Å². The summed E-state index contributed by atoms with van der Waals surface area (Å²) < 4.78 is 57.2. The van der Waals surface area contributed by atoms with Gasteiger partial charge in [0.15, 0.2) is 0 Å². The molecule has 0 heterocycles. The van der Waals surface area contributed by atoms with E-state index in [1.807, 2.05) is 0 Å². The van der Waals surface area contributed by atoms with Gasteiger partial charge in [0.05, 0.1) is 16.7 Å². The number of nitrogens with zero attached hydrogens (tertiary/aromatic N) is 1. The third-order valence-electron chi connectivity index (χ3n) is 2.65. The van der Waals surface area contributed by atoms with Crippen molar-refractivity contribution >= 4 is 65.6 Å². The van der Waals surface area contributed by atoms with Crippen LogP contribution in [0.2, 0.25) is 0 Å². The molecular weight excluding hydrogens is 517 g/mol. The summed E-state index contributed by atoms with van der Waals surface area (Å²) >= 11 is 14.7. The summed E-state index contributed by atoms with van der Waals surface area (Å²) in [4.78, 5) is 21.8. The molecule has 0 bridgehead atoms. The molecule has 0 rings (SSSR count). The minimum absolute atomic E-state index is 0. The second-order valence-electron chi connectivity index (χ2n) is 5.15. The second-order valence-corrected chi connectivity index (χ2v) is 9.83. The van der Waals surface area contributed by atoms with Gasteiger partial charge >= 0.3 is 49.2 Å². The Labute approximate surface area is 214 Å². The van der Waals surface area contributed by atoms with Crippen LogP contribution >= 0.6 is 43.5 Å². The number of hydrogen-bond donors (Lipinski definition) is 2. The molecule has 0 saturated heterocycles. The first kappa shape index (κ1) is 35.5. The molecule has 2 N–H and O–H groups in total. The topological polar surface area (TPSA) is 165 Å². The Balaban J connectivity index is -0.000000779. The zero-order valence-corrected chi connectivity index (χ0v) is 23.1. The van der Waals surface area contributed by atoms with E-state index in [0.29, 0.717) is 0 Å². The van der Waals surface area contributed by atoms with Crippen LogP contribution in [0.5, 0.6) is 0 Å². The van der Waals surface area contributed by atoms with Crippen molar-refractivity contribution in [2.24, 2.45) is 5.50 Å². The molecule has 0 fully saturated rings. The van der Waals surface area contributed by atoms with Gasteiger partial charge in [-0.2, -0.15) is 12.6 Å². The molecule has 1 unspecified atom stereocenters. The Morgan fingerprint density at radius 2 is 1.60 bits per heavy atom. The number of alkyl halides is 2. The van der Waals surface area contributed by atoms with Crippen LogP contribution in [0.4, 0.5) is 0 Å². The number of carbonyl (C=O) groups is 2. The number of rotatable bonds is 13. The quantitative estimate of drug-likeness (QED) is 0.0510. The van der Waals surface area contributed by atoms with Crippen LogP contribution < -0.4 is 35.1 Å². The van der Waals surface area contributed by atoms with Gasteiger partial charge in [0.25, 0.3) is 0 Å². The molecule has 174 valence electrons. The Morgan fingerprint density at radius 1 is 1.17 bits per heavy atom. The summed E-state index contributed by atoms with van der Waals surface area (Å²) in [6, 6.07) is 0. The van der Waals surface area contributed by atoms with Gasteiger partial charge < -0.3 is 18.6 Å². The maximum Gasteiger partial charge on any atom is 1.00 e. The smallest absolute Gasteiger partial charge is 0.748 e. The molecule has 0 aromatic rings. The van der Waals surface area contributed by atoms with E-state index in [4.69, 9.17) is 42.7 Å². The third kappa shape index (κ3) is 22.1. The maximum atomic E-state index is 12.3. The average Bonchev–Trinajstić information content (AvgIpc) is 2.52. The summed E-state index contributed by atoms with van der Waals surface area (Å²) in [6.07, 6.45) is -1.12. The van der Waals surface area contributed by atoms with Crippen LogP contribution in [0, 0.1) is 0 Å². The summed E-state index contributed by atoms with van der Waals surface area (Å²) in [5.41, 5.74) is 5.65. The van der Waals surface area contributed by atoms with Crippen LogP contribution in [0.15, 0.2) is 0 Å². The number of carbonyl (C=O) groups excluding carboxylic acids is 2. The Morgan fingerprint density at radius 3 is 1.87 bits per heavy atom. The number of ether oxygens (including phenoxy) is 2. The molecule has 1 atom stereocenters. The monoisotopic (exact) mass is 542 g/mol. The van der Waals surface area contributed by atoms with Crippen molar-refractivity contribution < 1.29 is 70.7 Å². The summed E-state index contributed by atoms with van der Waals surface area (Å²) in [5.74, 6) is -1.08.